The van der Waals surface area contributed by atoms with E-state index in [4.69, 9.17) is 9.26 Å². The van der Waals surface area contributed by atoms with Crippen molar-refractivity contribution in [2.24, 2.45) is 0 Å². The zero-order chi connectivity index (χ0) is 17.7. The third-order valence-electron chi connectivity index (χ3n) is 5.15. The first-order valence-electron chi connectivity index (χ1n) is 8.79. The number of halogens is 1. The van der Waals surface area contributed by atoms with Crippen molar-refractivity contribution in [2.45, 2.75) is 36.0 Å². The van der Waals surface area contributed by atoms with E-state index in [0.717, 1.165) is 30.8 Å². The summed E-state index contributed by atoms with van der Waals surface area (Å²) in [6.07, 6.45) is 4.45. The van der Waals surface area contributed by atoms with Crippen LogP contribution in [0.25, 0.3) is 0 Å². The Morgan fingerprint density at radius 3 is 3.04 bits per heavy atom. The van der Waals surface area contributed by atoms with Gasteiger partial charge in [-0.15, -0.1) is 11.8 Å². The van der Waals surface area contributed by atoms with Gasteiger partial charge in [-0.1, -0.05) is 5.16 Å². The summed E-state index contributed by atoms with van der Waals surface area (Å²) in [7, 11) is 0. The monoisotopic (exact) mass is 375 g/mol. The predicted molar refractivity (Wildman–Crippen MR) is 92.8 cm³/mol. The summed E-state index contributed by atoms with van der Waals surface area (Å²) >= 11 is 1.79. The van der Waals surface area contributed by atoms with Crippen LogP contribution in [0.15, 0.2) is 28.9 Å². The molecule has 136 valence electrons. The molecule has 1 atom stereocenters. The molecule has 2 aromatic rings. The van der Waals surface area contributed by atoms with Crippen molar-refractivity contribution in [1.29, 1.82) is 0 Å². The van der Waals surface area contributed by atoms with E-state index in [1.807, 2.05) is 0 Å². The second-order valence-electron chi connectivity index (χ2n) is 7.28. The number of ether oxygens (including phenoxy) is 1. The lowest BCUT2D eigenvalue weighted by Gasteiger charge is -2.47. The van der Waals surface area contributed by atoms with E-state index in [1.54, 1.807) is 28.8 Å². The number of aromatic nitrogens is 2. The molecular formula is C18H18FN3O3S. The van der Waals surface area contributed by atoms with Gasteiger partial charge in [0.05, 0.1) is 4.75 Å². The zero-order valence-corrected chi connectivity index (χ0v) is 14.9. The summed E-state index contributed by atoms with van der Waals surface area (Å²) in [6, 6.07) is 4.67. The maximum Gasteiger partial charge on any atom is 0.276 e. The van der Waals surface area contributed by atoms with Crippen molar-refractivity contribution < 1.29 is 18.4 Å². The number of hydrogen-bond donors (Lipinski definition) is 0. The van der Waals surface area contributed by atoms with Crippen LogP contribution in [0, 0.1) is 5.82 Å². The minimum atomic E-state index is -0.443. The molecule has 1 saturated carbocycles. The summed E-state index contributed by atoms with van der Waals surface area (Å²) in [4.78, 5) is 18.3. The first kappa shape index (κ1) is 16.1. The van der Waals surface area contributed by atoms with E-state index in [9.17, 15) is 9.18 Å². The highest BCUT2D eigenvalue weighted by Gasteiger charge is 2.52. The number of likely N-dealkylation sites (tertiary alicyclic amines) is 1. The summed E-state index contributed by atoms with van der Waals surface area (Å²) in [5.74, 6) is 1.58. The molecule has 2 aliphatic heterocycles. The van der Waals surface area contributed by atoms with Crippen LogP contribution in [0.1, 0.15) is 41.4 Å². The van der Waals surface area contributed by atoms with E-state index in [-0.39, 0.29) is 22.6 Å². The quantitative estimate of drug-likeness (QED) is 0.819. The summed E-state index contributed by atoms with van der Waals surface area (Å²) < 4.78 is 24.7. The normalized spacial score (nSPS) is 23.9. The van der Waals surface area contributed by atoms with Crippen LogP contribution in [-0.4, -0.2) is 50.6 Å². The van der Waals surface area contributed by atoms with Gasteiger partial charge in [0, 0.05) is 43.4 Å². The Morgan fingerprint density at radius 2 is 2.27 bits per heavy atom. The van der Waals surface area contributed by atoms with Crippen LogP contribution in [-0.2, 0) is 0 Å². The van der Waals surface area contributed by atoms with Crippen molar-refractivity contribution in [3.8, 4) is 5.88 Å². The van der Waals surface area contributed by atoms with Crippen LogP contribution in [0.3, 0.4) is 0 Å². The molecule has 1 amide bonds. The zero-order valence-electron chi connectivity index (χ0n) is 14.1. The molecule has 3 fully saturated rings. The third-order valence-corrected chi connectivity index (χ3v) is 6.73. The van der Waals surface area contributed by atoms with E-state index in [2.05, 4.69) is 10.1 Å². The smallest absolute Gasteiger partial charge is 0.276 e. The first-order chi connectivity index (χ1) is 12.6. The largest absolute Gasteiger partial charge is 0.471 e. The topological polar surface area (TPSA) is 68.5 Å². The van der Waals surface area contributed by atoms with Gasteiger partial charge in [-0.2, -0.15) is 0 Å². The summed E-state index contributed by atoms with van der Waals surface area (Å²) in [5.41, 5.74) is 0.396. The number of carbonyl (C=O) groups excluding carboxylic acids is 1. The molecule has 1 spiro atoms. The number of amides is 1. The Morgan fingerprint density at radius 1 is 1.42 bits per heavy atom. The van der Waals surface area contributed by atoms with Crippen LogP contribution >= 0.6 is 11.8 Å². The Labute approximate surface area is 154 Å². The number of hydrogen-bond acceptors (Lipinski definition) is 6. The molecule has 26 heavy (non-hydrogen) atoms. The molecule has 4 heterocycles. The van der Waals surface area contributed by atoms with E-state index in [0.29, 0.717) is 24.7 Å². The predicted octanol–water partition coefficient (Wildman–Crippen LogP) is 2.87. The van der Waals surface area contributed by atoms with Crippen molar-refractivity contribution in [2.75, 3.05) is 18.8 Å². The molecule has 0 aromatic carbocycles. The molecule has 5 rings (SSSR count). The van der Waals surface area contributed by atoms with Gasteiger partial charge < -0.3 is 14.2 Å². The average molecular weight is 375 g/mol. The number of pyridine rings is 1. The van der Waals surface area contributed by atoms with Crippen molar-refractivity contribution >= 4 is 17.7 Å². The lowest BCUT2D eigenvalue weighted by Crippen LogP contribution is -2.60. The van der Waals surface area contributed by atoms with Crippen LogP contribution in [0.4, 0.5) is 4.39 Å². The Hall–Kier alpha value is -2.09. The maximum absolute atomic E-state index is 13.7. The molecule has 6 nitrogen and oxygen atoms in total. The molecule has 0 radical (unpaired) electrons. The van der Waals surface area contributed by atoms with Gasteiger partial charge in [0.1, 0.15) is 11.9 Å². The Balaban J connectivity index is 1.18. The highest BCUT2D eigenvalue weighted by atomic mass is 32.2. The Bertz CT molecular complexity index is 848. The van der Waals surface area contributed by atoms with Crippen molar-refractivity contribution in [1.82, 2.24) is 15.0 Å². The van der Waals surface area contributed by atoms with Gasteiger partial charge in [-0.05, 0) is 25.0 Å². The van der Waals surface area contributed by atoms with Crippen molar-refractivity contribution in [3.63, 3.8) is 0 Å². The van der Waals surface area contributed by atoms with Gasteiger partial charge in [-0.25, -0.2) is 9.37 Å². The molecule has 2 aromatic heterocycles. The van der Waals surface area contributed by atoms with Gasteiger partial charge in [-0.3, -0.25) is 4.79 Å². The molecular weight excluding hydrogens is 357 g/mol. The molecule has 1 aliphatic carbocycles. The Kier molecular flexibility index (Phi) is 3.70. The average Bonchev–Trinajstić information content (AvgIpc) is 3.18. The highest BCUT2D eigenvalue weighted by molar-refractivity contribution is 8.01. The SMILES string of the molecule is O=C(c1cc(C2CC2)on1)N1CC2(CC(Oc3ncccc3F)CS2)C1. The number of rotatable bonds is 4. The molecule has 1 unspecified atom stereocenters. The van der Waals surface area contributed by atoms with E-state index < -0.39 is 5.82 Å². The molecule has 0 N–H and O–H groups in total. The fraction of sp³-hybridized carbons (Fsp3) is 0.500. The minimum Gasteiger partial charge on any atom is -0.471 e. The number of carbonyl (C=O) groups is 1. The minimum absolute atomic E-state index is 0.00532. The van der Waals surface area contributed by atoms with Gasteiger partial charge >= 0.3 is 0 Å². The molecule has 0 bridgehead atoms. The fourth-order valence-electron chi connectivity index (χ4n) is 3.62. The summed E-state index contributed by atoms with van der Waals surface area (Å²) in [6.45, 7) is 1.32. The lowest BCUT2D eigenvalue weighted by molar-refractivity contribution is 0.0504. The maximum atomic E-state index is 13.7. The number of thioether (sulfide) groups is 1. The number of nitrogens with zero attached hydrogens (tertiary/aromatic N) is 3. The van der Waals surface area contributed by atoms with Crippen LogP contribution < -0.4 is 4.74 Å². The van der Waals surface area contributed by atoms with Gasteiger partial charge in [0.25, 0.3) is 11.8 Å². The molecule has 8 heteroatoms. The fourth-order valence-corrected chi connectivity index (χ4v) is 5.14. The van der Waals surface area contributed by atoms with E-state index in [1.165, 1.54) is 12.3 Å². The highest BCUT2D eigenvalue weighted by Crippen LogP contribution is 2.46. The molecule has 3 aliphatic rings. The first-order valence-corrected chi connectivity index (χ1v) is 9.77. The van der Waals surface area contributed by atoms with Gasteiger partial charge in [0.2, 0.25) is 0 Å². The third kappa shape index (κ3) is 2.86. The molecule has 2 saturated heterocycles. The second kappa shape index (κ2) is 5.97. The van der Waals surface area contributed by atoms with Crippen LogP contribution in [0.2, 0.25) is 0 Å². The van der Waals surface area contributed by atoms with Gasteiger partial charge in [0.15, 0.2) is 11.5 Å². The second-order valence-corrected chi connectivity index (χ2v) is 8.77. The van der Waals surface area contributed by atoms with E-state index >= 15 is 0 Å². The lowest BCUT2D eigenvalue weighted by atomic mass is 9.92. The van der Waals surface area contributed by atoms with Crippen LogP contribution in [0.5, 0.6) is 5.88 Å². The standard InChI is InChI=1S/C18H18FN3O3S/c19-13-2-1-5-20-16(13)24-12-7-18(26-8-12)9-22(10-18)17(23)14-6-15(25-21-14)11-3-4-11/h1-2,5-6,11-12H,3-4,7-10H2. The summed E-state index contributed by atoms with van der Waals surface area (Å²) in [5, 5.41) is 3.93. The van der Waals surface area contributed by atoms with Crippen molar-refractivity contribution in [3.05, 3.63) is 41.7 Å².